The molecule has 9 nitrogen and oxygen atoms in total. The Bertz CT molecular complexity index is 1300. The molecule has 0 aromatic rings. The highest BCUT2D eigenvalue weighted by molar-refractivity contribution is 5.92. The van der Waals surface area contributed by atoms with Gasteiger partial charge in [0.15, 0.2) is 12.1 Å². The summed E-state index contributed by atoms with van der Waals surface area (Å²) in [5.41, 5.74) is 16.6. The lowest BCUT2D eigenvalue weighted by Crippen LogP contribution is -2.30. The van der Waals surface area contributed by atoms with Gasteiger partial charge in [0.05, 0.1) is 6.54 Å². The molecule has 0 aromatic carbocycles. The summed E-state index contributed by atoms with van der Waals surface area (Å²) in [7, 11) is 0. The van der Waals surface area contributed by atoms with Crippen LogP contribution in [-0.2, 0) is 19.1 Å². The van der Waals surface area contributed by atoms with Crippen LogP contribution in [0.1, 0.15) is 348 Å². The van der Waals surface area contributed by atoms with Gasteiger partial charge in [-0.25, -0.2) is 4.99 Å². The molecule has 0 spiro atoms. The van der Waals surface area contributed by atoms with Gasteiger partial charge in [-0.3, -0.25) is 9.59 Å². The van der Waals surface area contributed by atoms with Gasteiger partial charge in [0.1, 0.15) is 6.61 Å². The quantitative estimate of drug-likeness (QED) is 0.0180. The van der Waals surface area contributed by atoms with E-state index in [1.807, 2.05) is 0 Å². The smallest absolute Gasteiger partial charge is 0.306 e. The molecule has 1 unspecified atom stereocenters. The van der Waals surface area contributed by atoms with Crippen LogP contribution in [0.3, 0.4) is 0 Å². The van der Waals surface area contributed by atoms with Gasteiger partial charge in [0.2, 0.25) is 5.96 Å². The minimum Gasteiger partial charge on any atom is -0.462 e. The molecule has 0 aliphatic rings. The molecule has 0 saturated carbocycles. The third-order valence-corrected chi connectivity index (χ3v) is 14.7. The van der Waals surface area contributed by atoms with Crippen molar-refractivity contribution in [3.05, 3.63) is 24.3 Å². The highest BCUT2D eigenvalue weighted by Crippen LogP contribution is 2.18. The summed E-state index contributed by atoms with van der Waals surface area (Å²) in [4.78, 5) is 33.2. The van der Waals surface area contributed by atoms with Crippen LogP contribution >= 0.6 is 12.4 Å². The number of aliphatic imine (C=N–C) groups is 2. The lowest BCUT2D eigenvalue weighted by molar-refractivity contribution is -0.158. The number of carbonyl (C=O) groups is 2. The average Bonchev–Trinajstić information content (AvgIpc) is 3.38. The third kappa shape index (κ3) is 63.9. The summed E-state index contributed by atoms with van der Waals surface area (Å²) in [6.07, 6.45) is 75.4. The Labute approximate surface area is 471 Å². The Morgan fingerprint density at radius 3 is 0.907 bits per heavy atom. The second kappa shape index (κ2) is 64.0. The van der Waals surface area contributed by atoms with Crippen LogP contribution in [0, 0.1) is 0 Å². The molecule has 0 amide bonds. The monoisotopic (exact) mass is 1080 g/mol. The van der Waals surface area contributed by atoms with E-state index >= 15 is 0 Å². The zero-order chi connectivity index (χ0) is 53.7. The Morgan fingerprint density at radius 2 is 0.627 bits per heavy atom. The van der Waals surface area contributed by atoms with Crippen LogP contribution in [0.15, 0.2) is 34.3 Å². The number of unbranched alkanes of at least 4 members (excludes halogenated alkanes) is 46. The number of allylic oxidation sites excluding steroid dienone is 4. The molecule has 0 heterocycles. The fourth-order valence-corrected chi connectivity index (χ4v) is 9.91. The van der Waals surface area contributed by atoms with Crippen LogP contribution in [0.5, 0.6) is 0 Å². The average molecular weight is 1080 g/mol. The standard InChI is InChI=1S/C65H125N5O4.ClH/c1-3-5-7-9-11-13-15-17-19-21-23-25-27-29-31-33-35-37-39-41-43-45-47-49-51-53-55-57-62(71)73-60-61(59-69-65(68)70-64(66)67)74-63(72)58-56-54-52-50-48-46-44-42-40-38-36-34-32-30-28-26-24-22-20-18-16-14-12-10-8-6-4-2;/h29-32,61H,3-28,33-60H2,1-2H3,(H6,66,67,68,69,70);1H/b31-29-,32-30-;. The number of guanidine groups is 2. The largest absolute Gasteiger partial charge is 0.462 e. The number of nitrogens with zero attached hydrogens (tertiary/aromatic N) is 2. The van der Waals surface area contributed by atoms with E-state index in [-0.39, 0.29) is 49.4 Å². The normalized spacial score (nSPS) is 12.2. The fourth-order valence-electron chi connectivity index (χ4n) is 9.91. The fraction of sp³-hybridized carbons (Fsp3) is 0.877. The highest BCUT2D eigenvalue weighted by Gasteiger charge is 2.17. The Kier molecular flexibility index (Phi) is 63.6. The molecule has 1 atom stereocenters. The van der Waals surface area contributed by atoms with Gasteiger partial charge in [0.25, 0.3) is 0 Å². The van der Waals surface area contributed by atoms with Crippen molar-refractivity contribution in [2.45, 2.75) is 354 Å². The van der Waals surface area contributed by atoms with Gasteiger partial charge < -0.3 is 26.7 Å². The van der Waals surface area contributed by atoms with E-state index < -0.39 is 6.10 Å². The second-order valence-corrected chi connectivity index (χ2v) is 22.2. The van der Waals surface area contributed by atoms with E-state index in [4.69, 9.17) is 26.7 Å². The first-order valence-corrected chi connectivity index (χ1v) is 32.4. The van der Waals surface area contributed by atoms with Crippen LogP contribution < -0.4 is 17.2 Å². The summed E-state index contributed by atoms with van der Waals surface area (Å²) in [5, 5.41) is 0. The predicted molar refractivity (Wildman–Crippen MR) is 330 cm³/mol. The first-order valence-electron chi connectivity index (χ1n) is 32.4. The molecule has 75 heavy (non-hydrogen) atoms. The Morgan fingerprint density at radius 1 is 0.373 bits per heavy atom. The number of hydrogen-bond acceptors (Lipinski definition) is 5. The number of esters is 2. The maximum absolute atomic E-state index is 12.7. The minimum absolute atomic E-state index is 0. The first-order chi connectivity index (χ1) is 36.4. The van der Waals surface area contributed by atoms with Crippen LogP contribution in [0.2, 0.25) is 0 Å². The third-order valence-electron chi connectivity index (χ3n) is 14.7. The molecule has 0 saturated heterocycles. The number of hydrogen-bond donors (Lipinski definition) is 3. The van der Waals surface area contributed by atoms with Crippen molar-refractivity contribution < 1.29 is 19.1 Å². The molecular formula is C65H126ClN5O4. The van der Waals surface area contributed by atoms with Gasteiger partial charge >= 0.3 is 11.9 Å². The van der Waals surface area contributed by atoms with E-state index in [9.17, 15) is 9.59 Å². The van der Waals surface area contributed by atoms with Gasteiger partial charge in [-0.1, -0.05) is 295 Å². The molecule has 0 fully saturated rings. The molecule has 0 radical (unpaired) electrons. The summed E-state index contributed by atoms with van der Waals surface area (Å²) < 4.78 is 11.2. The van der Waals surface area contributed by atoms with Gasteiger partial charge in [-0.05, 0) is 64.2 Å². The zero-order valence-corrected chi connectivity index (χ0v) is 50.6. The summed E-state index contributed by atoms with van der Waals surface area (Å²) in [5.74, 6) is -0.923. The molecule has 442 valence electrons. The highest BCUT2D eigenvalue weighted by atomic mass is 35.5. The van der Waals surface area contributed by atoms with Crippen LogP contribution in [0.4, 0.5) is 0 Å². The van der Waals surface area contributed by atoms with E-state index in [0.717, 1.165) is 38.5 Å². The predicted octanol–water partition coefficient (Wildman–Crippen LogP) is 19.9. The summed E-state index contributed by atoms with van der Waals surface area (Å²) in [6, 6.07) is 0. The number of carbonyl (C=O) groups excluding carboxylic acids is 2. The van der Waals surface area contributed by atoms with Crippen LogP contribution in [0.25, 0.3) is 0 Å². The second-order valence-electron chi connectivity index (χ2n) is 22.2. The number of rotatable bonds is 59. The zero-order valence-electron chi connectivity index (χ0n) is 49.7. The van der Waals surface area contributed by atoms with E-state index in [2.05, 4.69) is 48.1 Å². The molecule has 0 aromatic heterocycles. The Hall–Kier alpha value is -2.55. The molecule has 0 bridgehead atoms. The molecule has 0 aliphatic carbocycles. The number of ether oxygens (including phenoxy) is 2. The van der Waals surface area contributed by atoms with Crippen molar-refractivity contribution in [2.24, 2.45) is 27.2 Å². The number of nitrogens with two attached hydrogens (primary N) is 3. The maximum atomic E-state index is 12.7. The molecular weight excluding hydrogens is 950 g/mol. The van der Waals surface area contributed by atoms with Gasteiger partial charge in [0, 0.05) is 12.8 Å². The SMILES string of the molecule is CCCCCCCCCCCCCC/C=C\CCCCCCCCCCCCCC(=O)OCC(CN=C(N)N=C(N)N)OC(=O)CCCCCCCCCCCCC/C=C\CCCCCCCCCCCCCC.Cl. The van der Waals surface area contributed by atoms with Crippen LogP contribution in [-0.4, -0.2) is 43.1 Å². The molecule has 6 N–H and O–H groups in total. The molecule has 0 aliphatic heterocycles. The number of halogens is 1. The van der Waals surface area contributed by atoms with Crippen molar-refractivity contribution in [3.8, 4) is 0 Å². The molecule has 0 rings (SSSR count). The van der Waals surface area contributed by atoms with Gasteiger partial charge in [-0.15, -0.1) is 12.4 Å². The topological polar surface area (TPSA) is 155 Å². The van der Waals surface area contributed by atoms with E-state index in [0.29, 0.717) is 12.8 Å². The maximum Gasteiger partial charge on any atom is 0.306 e. The Balaban J connectivity index is 0. The van der Waals surface area contributed by atoms with Crippen molar-refractivity contribution >= 4 is 36.3 Å². The molecule has 10 heteroatoms. The van der Waals surface area contributed by atoms with Crippen molar-refractivity contribution in [2.75, 3.05) is 13.2 Å². The van der Waals surface area contributed by atoms with Gasteiger partial charge in [-0.2, -0.15) is 4.99 Å². The van der Waals surface area contributed by atoms with E-state index in [1.165, 1.54) is 283 Å². The van der Waals surface area contributed by atoms with Crippen molar-refractivity contribution in [1.29, 1.82) is 0 Å². The van der Waals surface area contributed by atoms with Crippen molar-refractivity contribution in [3.63, 3.8) is 0 Å². The summed E-state index contributed by atoms with van der Waals surface area (Å²) in [6.45, 7) is 4.52. The summed E-state index contributed by atoms with van der Waals surface area (Å²) >= 11 is 0. The van der Waals surface area contributed by atoms with E-state index in [1.54, 1.807) is 0 Å². The minimum atomic E-state index is -0.750. The first kappa shape index (κ1) is 74.5. The van der Waals surface area contributed by atoms with Crippen molar-refractivity contribution in [1.82, 2.24) is 0 Å². The lowest BCUT2D eigenvalue weighted by atomic mass is 10.0. The lowest BCUT2D eigenvalue weighted by Gasteiger charge is -2.16.